The molecule has 152 valence electrons. The number of benzene rings is 3. The highest BCUT2D eigenvalue weighted by atomic mass is 16.3. The number of hydrogen-bond donors (Lipinski definition) is 0. The third-order valence-corrected chi connectivity index (χ3v) is 5.27. The van der Waals surface area contributed by atoms with Crippen molar-refractivity contribution in [3.05, 3.63) is 100 Å². The molecular weight excluding hydrogens is 386 g/mol. The van der Waals surface area contributed by atoms with E-state index in [1.807, 2.05) is 68.7 Å². The molecule has 0 saturated heterocycles. The molecule has 4 nitrogen and oxygen atoms in total. The fraction of sp³-hybridized carbons (Fsp3) is 0.0741. The van der Waals surface area contributed by atoms with Crippen molar-refractivity contribution in [1.82, 2.24) is 0 Å². The molecule has 0 spiro atoms. The lowest BCUT2D eigenvalue weighted by molar-refractivity contribution is 0.588. The lowest BCUT2D eigenvalue weighted by atomic mass is 10.1. The lowest BCUT2D eigenvalue weighted by Gasteiger charge is -2.11. The second-order valence-electron chi connectivity index (χ2n) is 7.69. The molecule has 0 aliphatic carbocycles. The van der Waals surface area contributed by atoms with E-state index in [9.17, 15) is 4.79 Å². The van der Waals surface area contributed by atoms with E-state index < -0.39 is 0 Å². The van der Waals surface area contributed by atoms with Gasteiger partial charge in [0.15, 0.2) is 5.43 Å². The molecule has 0 fully saturated rings. The molecule has 0 aliphatic heterocycles. The van der Waals surface area contributed by atoms with Gasteiger partial charge in [0, 0.05) is 37.5 Å². The number of nitrogens with zero attached hydrogens (tertiary/aromatic N) is 1. The Morgan fingerprint density at radius 2 is 1.48 bits per heavy atom. The number of hydrogen-bond acceptors (Lipinski definition) is 4. The smallest absolute Gasteiger partial charge is 0.186 e. The van der Waals surface area contributed by atoms with Crippen LogP contribution in [-0.2, 0) is 0 Å². The Morgan fingerprint density at radius 1 is 0.774 bits per heavy atom. The van der Waals surface area contributed by atoms with Crippen LogP contribution in [0.4, 0.5) is 5.69 Å². The summed E-state index contributed by atoms with van der Waals surface area (Å²) in [5.74, 6) is 1.38. The Hall–Kier alpha value is -4.05. The van der Waals surface area contributed by atoms with E-state index in [2.05, 4.69) is 29.2 Å². The van der Waals surface area contributed by atoms with Gasteiger partial charge in [-0.05, 0) is 41.3 Å². The number of rotatable bonds is 4. The van der Waals surface area contributed by atoms with Crippen molar-refractivity contribution in [1.29, 1.82) is 0 Å². The van der Waals surface area contributed by atoms with Crippen molar-refractivity contribution >= 4 is 39.8 Å². The Morgan fingerprint density at radius 3 is 2.19 bits per heavy atom. The Labute approximate surface area is 179 Å². The van der Waals surface area contributed by atoms with E-state index in [-0.39, 0.29) is 5.43 Å². The molecule has 31 heavy (non-hydrogen) atoms. The molecule has 4 heteroatoms. The molecule has 5 aromatic rings. The Bertz CT molecular complexity index is 1460. The summed E-state index contributed by atoms with van der Waals surface area (Å²) in [6.45, 7) is 0. The van der Waals surface area contributed by atoms with Gasteiger partial charge < -0.3 is 13.7 Å². The molecule has 0 bridgehead atoms. The van der Waals surface area contributed by atoms with Crippen molar-refractivity contribution < 1.29 is 8.83 Å². The molecule has 0 aliphatic rings. The highest BCUT2D eigenvalue weighted by Crippen LogP contribution is 2.32. The van der Waals surface area contributed by atoms with E-state index in [1.54, 1.807) is 0 Å². The summed E-state index contributed by atoms with van der Waals surface area (Å²) in [4.78, 5) is 14.3. The van der Waals surface area contributed by atoms with Crippen LogP contribution in [0, 0.1) is 0 Å². The summed E-state index contributed by atoms with van der Waals surface area (Å²) in [5.41, 5.74) is 4.06. The first kappa shape index (κ1) is 18.9. The fourth-order valence-corrected chi connectivity index (χ4v) is 3.68. The van der Waals surface area contributed by atoms with Crippen LogP contribution >= 0.6 is 0 Å². The van der Waals surface area contributed by atoms with Gasteiger partial charge in [-0.1, -0.05) is 48.5 Å². The molecule has 0 atom stereocenters. The van der Waals surface area contributed by atoms with Gasteiger partial charge >= 0.3 is 0 Å². The van der Waals surface area contributed by atoms with E-state index in [0.717, 1.165) is 27.6 Å². The highest BCUT2D eigenvalue weighted by molar-refractivity contribution is 6.06. The van der Waals surface area contributed by atoms with Crippen LogP contribution in [-0.4, -0.2) is 14.1 Å². The molecule has 0 N–H and O–H groups in total. The number of anilines is 1. The second kappa shape index (κ2) is 7.65. The summed E-state index contributed by atoms with van der Waals surface area (Å²) in [7, 11) is 4.04. The predicted molar refractivity (Wildman–Crippen MR) is 127 cm³/mol. The third-order valence-electron chi connectivity index (χ3n) is 5.27. The zero-order valence-corrected chi connectivity index (χ0v) is 17.3. The standard InChI is InChI=1S/C27H21NO3/c1-28(2)21-11-8-18(9-12-21)10-13-23-14-20-15-24(19-6-4-3-5-7-19)31-26-17-22(29)16-25(30-23)27(20)26/h3-17H,1-2H3/b13-10+. The van der Waals surface area contributed by atoms with E-state index in [1.165, 1.54) is 12.1 Å². The summed E-state index contributed by atoms with van der Waals surface area (Å²) in [6.07, 6.45) is 3.92. The third kappa shape index (κ3) is 3.76. The minimum absolute atomic E-state index is 0.146. The molecule has 0 saturated carbocycles. The highest BCUT2D eigenvalue weighted by Gasteiger charge is 2.12. The molecule has 2 heterocycles. The summed E-state index contributed by atoms with van der Waals surface area (Å²) in [6, 6.07) is 25.1. The molecule has 2 aromatic heterocycles. The first-order chi connectivity index (χ1) is 15.1. The predicted octanol–water partition coefficient (Wildman–Crippen LogP) is 6.44. The fourth-order valence-electron chi connectivity index (χ4n) is 3.68. The van der Waals surface area contributed by atoms with Gasteiger partial charge in [-0.25, -0.2) is 0 Å². The van der Waals surface area contributed by atoms with Crippen molar-refractivity contribution in [2.24, 2.45) is 0 Å². The Balaban J connectivity index is 1.62. The van der Waals surface area contributed by atoms with Gasteiger partial charge in [0.1, 0.15) is 22.7 Å². The first-order valence-corrected chi connectivity index (χ1v) is 10.1. The minimum Gasteiger partial charge on any atom is -0.456 e. The van der Waals surface area contributed by atoms with Crippen molar-refractivity contribution in [3.8, 4) is 11.3 Å². The SMILES string of the molecule is CN(C)c1ccc(/C=C/c2cc3cc(-c4ccccc4)oc4cc(=O)cc(o2)c34)cc1. The van der Waals surface area contributed by atoms with Gasteiger partial charge in [0.25, 0.3) is 0 Å². The summed E-state index contributed by atoms with van der Waals surface area (Å²) >= 11 is 0. The van der Waals surface area contributed by atoms with Crippen LogP contribution < -0.4 is 10.3 Å². The summed E-state index contributed by atoms with van der Waals surface area (Å²) in [5, 5.41) is 1.77. The van der Waals surface area contributed by atoms with Crippen LogP contribution in [0.25, 0.3) is 45.4 Å². The zero-order valence-electron chi connectivity index (χ0n) is 17.3. The van der Waals surface area contributed by atoms with Gasteiger partial charge in [-0.3, -0.25) is 4.79 Å². The topological polar surface area (TPSA) is 46.6 Å². The lowest BCUT2D eigenvalue weighted by Crippen LogP contribution is -2.07. The van der Waals surface area contributed by atoms with Gasteiger partial charge in [-0.2, -0.15) is 0 Å². The first-order valence-electron chi connectivity index (χ1n) is 10.1. The summed E-state index contributed by atoms with van der Waals surface area (Å²) < 4.78 is 12.1. The van der Waals surface area contributed by atoms with Crippen molar-refractivity contribution in [2.45, 2.75) is 0 Å². The Kier molecular flexibility index (Phi) is 4.68. The quantitative estimate of drug-likeness (QED) is 0.344. The second-order valence-corrected chi connectivity index (χ2v) is 7.69. The minimum atomic E-state index is -0.146. The monoisotopic (exact) mass is 407 g/mol. The van der Waals surface area contributed by atoms with E-state index in [0.29, 0.717) is 22.7 Å². The zero-order chi connectivity index (χ0) is 21.4. The maximum Gasteiger partial charge on any atom is 0.186 e. The van der Waals surface area contributed by atoms with Gasteiger partial charge in [-0.15, -0.1) is 0 Å². The van der Waals surface area contributed by atoms with Crippen LogP contribution in [0.15, 0.2) is 92.5 Å². The van der Waals surface area contributed by atoms with Crippen LogP contribution in [0.3, 0.4) is 0 Å². The molecule has 0 radical (unpaired) electrons. The molecule has 3 aromatic carbocycles. The van der Waals surface area contributed by atoms with Crippen molar-refractivity contribution in [2.75, 3.05) is 19.0 Å². The van der Waals surface area contributed by atoms with Crippen LogP contribution in [0.2, 0.25) is 0 Å². The molecular formula is C27H21NO3. The maximum atomic E-state index is 12.2. The largest absolute Gasteiger partial charge is 0.456 e. The van der Waals surface area contributed by atoms with Gasteiger partial charge in [0.2, 0.25) is 0 Å². The van der Waals surface area contributed by atoms with Crippen LogP contribution in [0.1, 0.15) is 11.3 Å². The average Bonchev–Trinajstić information content (AvgIpc) is 2.78. The van der Waals surface area contributed by atoms with Crippen LogP contribution in [0.5, 0.6) is 0 Å². The van der Waals surface area contributed by atoms with E-state index >= 15 is 0 Å². The normalized spacial score (nSPS) is 11.5. The van der Waals surface area contributed by atoms with Gasteiger partial charge in [0.05, 0.1) is 5.39 Å². The molecule has 5 rings (SSSR count). The average molecular weight is 407 g/mol. The van der Waals surface area contributed by atoms with E-state index in [4.69, 9.17) is 8.83 Å². The molecule has 0 unspecified atom stereocenters. The molecule has 0 amide bonds. The maximum absolute atomic E-state index is 12.2. The van der Waals surface area contributed by atoms with Crippen molar-refractivity contribution in [3.63, 3.8) is 0 Å².